The molecule has 0 spiro atoms. The molecule has 1 fully saturated rings. The van der Waals surface area contributed by atoms with E-state index in [9.17, 15) is 0 Å². The van der Waals surface area contributed by atoms with Crippen molar-refractivity contribution in [3.05, 3.63) is 0 Å². The van der Waals surface area contributed by atoms with Crippen molar-refractivity contribution < 1.29 is 0 Å². The molecule has 15 heavy (non-hydrogen) atoms. The van der Waals surface area contributed by atoms with E-state index < -0.39 is 0 Å². The van der Waals surface area contributed by atoms with Gasteiger partial charge in [0.1, 0.15) is 0 Å². The van der Waals surface area contributed by atoms with E-state index in [0.29, 0.717) is 0 Å². The Balaban J connectivity index is 1.98. The first-order valence-corrected chi connectivity index (χ1v) is 8.00. The molecule has 1 saturated carbocycles. The molecular formula is C13H27NS. The first-order chi connectivity index (χ1) is 7.38. The molecule has 0 amide bonds. The molecule has 2 heteroatoms. The predicted molar refractivity (Wildman–Crippen MR) is 71.7 cm³/mol. The molecule has 1 atom stereocenters. The molecule has 0 saturated heterocycles. The van der Waals surface area contributed by atoms with Crippen molar-refractivity contribution in [3.8, 4) is 0 Å². The summed E-state index contributed by atoms with van der Waals surface area (Å²) in [6, 6.07) is 0.847. The van der Waals surface area contributed by atoms with Gasteiger partial charge in [-0.15, -0.1) is 0 Å². The van der Waals surface area contributed by atoms with Crippen molar-refractivity contribution in [1.82, 2.24) is 5.32 Å². The summed E-state index contributed by atoms with van der Waals surface area (Å²) in [5.74, 6) is 2.37. The Bertz CT molecular complexity index is 145. The third-order valence-electron chi connectivity index (χ3n) is 3.21. The Morgan fingerprint density at radius 1 is 1.27 bits per heavy atom. The van der Waals surface area contributed by atoms with Crippen molar-refractivity contribution in [2.75, 3.05) is 18.6 Å². The SMILES string of the molecule is CCCNC(CCCCCSC)C1CC1. The molecule has 1 rings (SSSR count). The van der Waals surface area contributed by atoms with Gasteiger partial charge in [0.05, 0.1) is 0 Å². The Labute approximate surface area is 99.8 Å². The van der Waals surface area contributed by atoms with Crippen LogP contribution >= 0.6 is 11.8 Å². The molecule has 0 heterocycles. The average Bonchev–Trinajstić information content (AvgIpc) is 3.06. The van der Waals surface area contributed by atoms with E-state index in [4.69, 9.17) is 0 Å². The summed E-state index contributed by atoms with van der Waals surface area (Å²) in [6.45, 7) is 3.47. The maximum absolute atomic E-state index is 3.72. The Kier molecular flexibility index (Phi) is 7.54. The summed E-state index contributed by atoms with van der Waals surface area (Å²) in [5.41, 5.74) is 0. The monoisotopic (exact) mass is 229 g/mol. The predicted octanol–water partition coefficient (Wildman–Crippen LogP) is 3.69. The van der Waals surface area contributed by atoms with Gasteiger partial charge < -0.3 is 5.32 Å². The lowest BCUT2D eigenvalue weighted by Crippen LogP contribution is -2.31. The van der Waals surface area contributed by atoms with Crippen LogP contribution in [0.2, 0.25) is 0 Å². The second kappa shape index (κ2) is 8.46. The smallest absolute Gasteiger partial charge is 0.00953 e. The van der Waals surface area contributed by atoms with Crippen LogP contribution in [0.1, 0.15) is 51.9 Å². The van der Waals surface area contributed by atoms with Crippen LogP contribution in [-0.2, 0) is 0 Å². The van der Waals surface area contributed by atoms with Gasteiger partial charge in [0.2, 0.25) is 0 Å². The average molecular weight is 229 g/mol. The molecule has 0 aliphatic heterocycles. The number of unbranched alkanes of at least 4 members (excludes halogenated alkanes) is 2. The minimum Gasteiger partial charge on any atom is -0.314 e. The molecule has 1 aliphatic rings. The van der Waals surface area contributed by atoms with Crippen LogP contribution in [0, 0.1) is 5.92 Å². The largest absolute Gasteiger partial charge is 0.314 e. The van der Waals surface area contributed by atoms with Gasteiger partial charge in [0.25, 0.3) is 0 Å². The fraction of sp³-hybridized carbons (Fsp3) is 1.00. The van der Waals surface area contributed by atoms with Crippen LogP contribution in [0.15, 0.2) is 0 Å². The van der Waals surface area contributed by atoms with Crippen LogP contribution in [0.4, 0.5) is 0 Å². The number of nitrogens with one attached hydrogen (secondary N) is 1. The first-order valence-electron chi connectivity index (χ1n) is 6.60. The van der Waals surface area contributed by atoms with Gasteiger partial charge in [-0.2, -0.15) is 11.8 Å². The molecule has 1 N–H and O–H groups in total. The minimum absolute atomic E-state index is 0.847. The van der Waals surface area contributed by atoms with Gasteiger partial charge in [-0.3, -0.25) is 0 Å². The zero-order chi connectivity index (χ0) is 10.9. The quantitative estimate of drug-likeness (QED) is 0.573. The van der Waals surface area contributed by atoms with E-state index in [2.05, 4.69) is 18.5 Å². The van der Waals surface area contributed by atoms with E-state index in [1.165, 1.54) is 57.2 Å². The lowest BCUT2D eigenvalue weighted by atomic mass is 10.0. The molecule has 1 nitrogen and oxygen atoms in total. The van der Waals surface area contributed by atoms with Crippen molar-refractivity contribution in [2.45, 2.75) is 57.9 Å². The van der Waals surface area contributed by atoms with Gasteiger partial charge >= 0.3 is 0 Å². The highest BCUT2D eigenvalue weighted by Crippen LogP contribution is 2.34. The van der Waals surface area contributed by atoms with Gasteiger partial charge in [0.15, 0.2) is 0 Å². The van der Waals surface area contributed by atoms with Gasteiger partial charge in [-0.05, 0) is 56.6 Å². The summed E-state index contributed by atoms with van der Waals surface area (Å²) >= 11 is 1.98. The minimum atomic E-state index is 0.847. The number of hydrogen-bond donors (Lipinski definition) is 1. The van der Waals surface area contributed by atoms with E-state index in [1.54, 1.807) is 0 Å². The molecule has 1 aliphatic carbocycles. The van der Waals surface area contributed by atoms with Crippen LogP contribution in [-0.4, -0.2) is 24.6 Å². The van der Waals surface area contributed by atoms with Crippen molar-refractivity contribution in [3.63, 3.8) is 0 Å². The molecule has 0 aromatic heterocycles. The highest BCUT2D eigenvalue weighted by atomic mass is 32.2. The van der Waals surface area contributed by atoms with Gasteiger partial charge in [-0.25, -0.2) is 0 Å². The van der Waals surface area contributed by atoms with E-state index in [0.717, 1.165) is 12.0 Å². The number of hydrogen-bond acceptors (Lipinski definition) is 2. The molecule has 0 radical (unpaired) electrons. The van der Waals surface area contributed by atoms with E-state index in [1.807, 2.05) is 11.8 Å². The zero-order valence-electron chi connectivity index (χ0n) is 10.4. The second-order valence-electron chi connectivity index (χ2n) is 4.74. The standard InChI is InChI=1S/C13H27NS/c1-3-10-14-13(12-8-9-12)7-5-4-6-11-15-2/h12-14H,3-11H2,1-2H3. The molecule has 0 aromatic rings. The topological polar surface area (TPSA) is 12.0 Å². The lowest BCUT2D eigenvalue weighted by molar-refractivity contribution is 0.419. The van der Waals surface area contributed by atoms with Crippen LogP contribution in [0.3, 0.4) is 0 Å². The van der Waals surface area contributed by atoms with Crippen LogP contribution in [0.5, 0.6) is 0 Å². The normalized spacial score (nSPS) is 18.0. The van der Waals surface area contributed by atoms with Crippen molar-refractivity contribution >= 4 is 11.8 Å². The van der Waals surface area contributed by atoms with Gasteiger partial charge in [0, 0.05) is 6.04 Å². The third-order valence-corrected chi connectivity index (χ3v) is 3.91. The zero-order valence-corrected chi connectivity index (χ0v) is 11.2. The maximum Gasteiger partial charge on any atom is 0.00953 e. The van der Waals surface area contributed by atoms with Gasteiger partial charge in [-0.1, -0.05) is 19.8 Å². The highest BCUT2D eigenvalue weighted by molar-refractivity contribution is 7.98. The Morgan fingerprint density at radius 2 is 2.07 bits per heavy atom. The van der Waals surface area contributed by atoms with E-state index in [-0.39, 0.29) is 0 Å². The summed E-state index contributed by atoms with van der Waals surface area (Å²) in [5, 5.41) is 3.72. The van der Waals surface area contributed by atoms with E-state index >= 15 is 0 Å². The number of thioether (sulfide) groups is 1. The summed E-state index contributed by atoms with van der Waals surface area (Å²) in [6.07, 6.45) is 12.1. The summed E-state index contributed by atoms with van der Waals surface area (Å²) in [4.78, 5) is 0. The van der Waals surface area contributed by atoms with Crippen molar-refractivity contribution in [1.29, 1.82) is 0 Å². The second-order valence-corrected chi connectivity index (χ2v) is 5.73. The van der Waals surface area contributed by atoms with Crippen molar-refractivity contribution in [2.24, 2.45) is 5.92 Å². The fourth-order valence-corrected chi connectivity index (χ4v) is 2.61. The Hall–Kier alpha value is 0.310. The van der Waals surface area contributed by atoms with Crippen LogP contribution in [0.25, 0.3) is 0 Å². The number of rotatable bonds is 10. The molecule has 0 aromatic carbocycles. The molecule has 1 unspecified atom stereocenters. The molecule has 0 bridgehead atoms. The summed E-state index contributed by atoms with van der Waals surface area (Å²) < 4.78 is 0. The maximum atomic E-state index is 3.72. The Morgan fingerprint density at radius 3 is 2.67 bits per heavy atom. The first kappa shape index (κ1) is 13.4. The third kappa shape index (κ3) is 6.47. The van der Waals surface area contributed by atoms with Crippen LogP contribution < -0.4 is 5.32 Å². The highest BCUT2D eigenvalue weighted by Gasteiger charge is 2.29. The summed E-state index contributed by atoms with van der Waals surface area (Å²) in [7, 11) is 0. The lowest BCUT2D eigenvalue weighted by Gasteiger charge is -2.17. The molecule has 90 valence electrons. The molecular weight excluding hydrogens is 202 g/mol. The fourth-order valence-electron chi connectivity index (χ4n) is 2.12.